The number of furan rings is 1. The van der Waals surface area contributed by atoms with E-state index in [-0.39, 0.29) is 0 Å². The topological polar surface area (TPSA) is 77.8 Å². The Morgan fingerprint density at radius 1 is 0.340 bits per heavy atom. The van der Waals surface area contributed by atoms with Gasteiger partial charge in [-0.25, -0.2) is 19.9 Å². The summed E-state index contributed by atoms with van der Waals surface area (Å²) in [4.78, 5) is 19.6. The van der Waals surface area contributed by atoms with Gasteiger partial charge in [0.15, 0.2) is 23.1 Å². The van der Waals surface area contributed by atoms with Gasteiger partial charge in [-0.3, -0.25) is 0 Å². The Morgan fingerprint density at radius 3 is 1.62 bits per heavy atom. The third-order valence-corrected chi connectivity index (χ3v) is 9.15. The van der Waals surface area contributed by atoms with Gasteiger partial charge in [0, 0.05) is 39.1 Å². The summed E-state index contributed by atoms with van der Waals surface area (Å²) in [7, 11) is 0. The number of oxazole rings is 1. The second-order valence-corrected chi connectivity index (χ2v) is 12.3. The quantitative estimate of drug-likeness (QED) is 0.186. The molecule has 234 valence electrons. The van der Waals surface area contributed by atoms with Crippen LogP contribution in [0.1, 0.15) is 0 Å². The third kappa shape index (κ3) is 4.81. The van der Waals surface area contributed by atoms with E-state index in [1.165, 1.54) is 0 Å². The highest BCUT2D eigenvalue weighted by Crippen LogP contribution is 2.38. The molecule has 0 fully saturated rings. The van der Waals surface area contributed by atoms with Crippen LogP contribution in [-0.4, -0.2) is 19.9 Å². The fourth-order valence-electron chi connectivity index (χ4n) is 6.67. The molecule has 0 saturated carbocycles. The van der Waals surface area contributed by atoms with E-state index >= 15 is 0 Å². The Morgan fingerprint density at radius 2 is 0.920 bits per heavy atom. The largest absolute Gasteiger partial charge is 0.456 e. The van der Waals surface area contributed by atoms with E-state index in [0.29, 0.717) is 28.9 Å². The van der Waals surface area contributed by atoms with Crippen LogP contribution in [0.15, 0.2) is 167 Å². The van der Waals surface area contributed by atoms with Crippen molar-refractivity contribution in [2.45, 2.75) is 0 Å². The molecule has 0 aliphatic carbocycles. The van der Waals surface area contributed by atoms with E-state index in [1.807, 2.05) is 91.0 Å². The summed E-state index contributed by atoms with van der Waals surface area (Å²) in [5.74, 6) is 2.46. The predicted octanol–water partition coefficient (Wildman–Crippen LogP) is 11.4. The van der Waals surface area contributed by atoms with Crippen molar-refractivity contribution in [3.05, 3.63) is 158 Å². The van der Waals surface area contributed by atoms with Crippen LogP contribution in [0.2, 0.25) is 0 Å². The summed E-state index contributed by atoms with van der Waals surface area (Å²) in [5, 5.41) is 4.26. The molecular weight excluding hydrogens is 617 g/mol. The minimum Gasteiger partial charge on any atom is -0.456 e. The number of hydrogen-bond donors (Lipinski definition) is 0. The highest BCUT2D eigenvalue weighted by Gasteiger charge is 2.17. The van der Waals surface area contributed by atoms with Crippen LogP contribution in [0.25, 0.3) is 101 Å². The van der Waals surface area contributed by atoms with Gasteiger partial charge < -0.3 is 8.83 Å². The predicted molar refractivity (Wildman–Crippen MR) is 199 cm³/mol. The van der Waals surface area contributed by atoms with Gasteiger partial charge >= 0.3 is 0 Å². The highest BCUT2D eigenvalue weighted by molar-refractivity contribution is 6.09. The average Bonchev–Trinajstić information content (AvgIpc) is 3.77. The van der Waals surface area contributed by atoms with E-state index in [9.17, 15) is 0 Å². The first-order valence-electron chi connectivity index (χ1n) is 16.5. The van der Waals surface area contributed by atoms with E-state index in [0.717, 1.165) is 71.6 Å². The number of rotatable bonds is 5. The van der Waals surface area contributed by atoms with Crippen molar-refractivity contribution in [3.8, 4) is 56.7 Å². The van der Waals surface area contributed by atoms with Gasteiger partial charge in [-0.1, -0.05) is 127 Å². The molecule has 0 aliphatic rings. The molecule has 0 spiro atoms. The minimum absolute atomic E-state index is 0.568. The molecule has 0 unspecified atom stereocenters. The fraction of sp³-hybridized carbons (Fsp3) is 0. The Balaban J connectivity index is 1.06. The lowest BCUT2D eigenvalue weighted by atomic mass is 9.96. The molecule has 6 nitrogen and oxygen atoms in total. The molecule has 3 aromatic heterocycles. The van der Waals surface area contributed by atoms with Gasteiger partial charge in [-0.05, 0) is 46.2 Å². The summed E-state index contributed by atoms with van der Waals surface area (Å²) >= 11 is 0. The van der Waals surface area contributed by atoms with Crippen LogP contribution in [0.4, 0.5) is 0 Å². The van der Waals surface area contributed by atoms with Crippen molar-refractivity contribution in [2.75, 3.05) is 0 Å². The normalized spacial score (nSPS) is 11.6. The maximum atomic E-state index is 6.44. The summed E-state index contributed by atoms with van der Waals surface area (Å²) in [6, 6.07) is 53.2. The molecule has 0 atom stereocenters. The SMILES string of the molecule is c1ccc(-c2nc(-c3ccccc3)nc(-c3ccc(-c4cc(-c5nc6cc7c(cc6o5)oc5ccccc57)c5ccccc5c4)cc3)n2)cc1. The molecule has 0 N–H and O–H groups in total. The standard InChI is InChI=1S/C44H26N4O2/c1-3-11-28(12-4-1)41-46-42(29-13-5-2-6-14-29)48-43(47-41)30-21-19-27(20-22-30)32-23-31-15-7-8-16-33(31)36(24-32)44-45-37-25-35-34-17-9-10-18-38(34)49-39(35)26-40(37)50-44/h1-26H. The van der Waals surface area contributed by atoms with Crippen LogP contribution in [0.5, 0.6) is 0 Å². The van der Waals surface area contributed by atoms with Crippen LogP contribution in [-0.2, 0) is 0 Å². The monoisotopic (exact) mass is 642 g/mol. The Hall–Kier alpha value is -6.92. The van der Waals surface area contributed by atoms with Gasteiger partial charge in [0.05, 0.1) is 0 Å². The van der Waals surface area contributed by atoms with Gasteiger partial charge in [-0.15, -0.1) is 0 Å². The second kappa shape index (κ2) is 11.4. The number of aromatic nitrogens is 4. The van der Waals surface area contributed by atoms with Crippen LogP contribution in [0.3, 0.4) is 0 Å². The Bertz CT molecular complexity index is 2800. The maximum absolute atomic E-state index is 6.44. The molecule has 10 aromatic rings. The number of para-hydroxylation sites is 1. The first-order chi connectivity index (χ1) is 24.7. The smallest absolute Gasteiger partial charge is 0.227 e. The van der Waals surface area contributed by atoms with Crippen molar-refractivity contribution in [1.82, 2.24) is 19.9 Å². The molecule has 50 heavy (non-hydrogen) atoms. The molecule has 0 radical (unpaired) electrons. The number of hydrogen-bond acceptors (Lipinski definition) is 6. The third-order valence-electron chi connectivity index (χ3n) is 9.15. The molecule has 10 rings (SSSR count). The minimum atomic E-state index is 0.568. The molecule has 0 aliphatic heterocycles. The zero-order valence-electron chi connectivity index (χ0n) is 26.6. The van der Waals surface area contributed by atoms with Crippen LogP contribution in [0, 0.1) is 0 Å². The van der Waals surface area contributed by atoms with Crippen molar-refractivity contribution < 1.29 is 8.83 Å². The molecule has 7 aromatic carbocycles. The van der Waals surface area contributed by atoms with Crippen molar-refractivity contribution in [1.29, 1.82) is 0 Å². The number of benzene rings is 7. The van der Waals surface area contributed by atoms with Gasteiger partial charge in [0.25, 0.3) is 0 Å². The highest BCUT2D eigenvalue weighted by atomic mass is 16.4. The van der Waals surface area contributed by atoms with Crippen molar-refractivity contribution >= 4 is 43.8 Å². The zero-order valence-corrected chi connectivity index (χ0v) is 26.6. The molecule has 0 amide bonds. The number of fused-ring (bicyclic) bond motifs is 5. The fourth-order valence-corrected chi connectivity index (χ4v) is 6.67. The zero-order chi connectivity index (χ0) is 33.0. The number of nitrogens with zero attached hydrogens (tertiary/aromatic N) is 4. The molecule has 0 bridgehead atoms. The maximum Gasteiger partial charge on any atom is 0.227 e. The van der Waals surface area contributed by atoms with E-state index < -0.39 is 0 Å². The second-order valence-electron chi connectivity index (χ2n) is 12.3. The van der Waals surface area contributed by atoms with Gasteiger partial charge in [0.1, 0.15) is 16.7 Å². The lowest BCUT2D eigenvalue weighted by Crippen LogP contribution is -2.00. The Labute approximate surface area is 286 Å². The summed E-state index contributed by atoms with van der Waals surface area (Å²) < 4.78 is 12.6. The van der Waals surface area contributed by atoms with E-state index in [4.69, 9.17) is 28.8 Å². The summed E-state index contributed by atoms with van der Waals surface area (Å²) in [6.07, 6.45) is 0. The summed E-state index contributed by atoms with van der Waals surface area (Å²) in [6.45, 7) is 0. The molecule has 3 heterocycles. The first kappa shape index (κ1) is 28.1. The van der Waals surface area contributed by atoms with E-state index in [1.54, 1.807) is 0 Å². The molecule has 6 heteroatoms. The van der Waals surface area contributed by atoms with Crippen molar-refractivity contribution in [3.63, 3.8) is 0 Å². The molecule has 0 saturated heterocycles. The van der Waals surface area contributed by atoms with Gasteiger partial charge in [-0.2, -0.15) is 0 Å². The molecular formula is C44H26N4O2. The summed E-state index contributed by atoms with van der Waals surface area (Å²) in [5.41, 5.74) is 8.94. The lowest BCUT2D eigenvalue weighted by Gasteiger charge is -2.10. The first-order valence-corrected chi connectivity index (χ1v) is 16.5. The lowest BCUT2D eigenvalue weighted by molar-refractivity contribution is 0.618. The average molecular weight is 643 g/mol. The van der Waals surface area contributed by atoms with Crippen LogP contribution >= 0.6 is 0 Å². The van der Waals surface area contributed by atoms with Crippen molar-refractivity contribution in [2.24, 2.45) is 0 Å². The van der Waals surface area contributed by atoms with Gasteiger partial charge in [0.2, 0.25) is 5.89 Å². The Kier molecular flexibility index (Phi) is 6.39. The van der Waals surface area contributed by atoms with Crippen LogP contribution < -0.4 is 0 Å². The van der Waals surface area contributed by atoms with E-state index in [2.05, 4.69) is 66.7 Å².